The molecule has 0 aromatic carbocycles. The molecule has 2 saturated carbocycles. The van der Waals surface area contributed by atoms with Crippen molar-refractivity contribution in [2.24, 2.45) is 18.9 Å². The molecule has 10 nitrogen and oxygen atoms in total. The largest absolute Gasteiger partial charge is 0.489 e. The van der Waals surface area contributed by atoms with Crippen LogP contribution in [0.2, 0.25) is 0 Å². The van der Waals surface area contributed by atoms with Crippen LogP contribution in [0.4, 0.5) is 10.6 Å². The molecule has 10 heteroatoms. The molecule has 2 aliphatic rings. The van der Waals surface area contributed by atoms with Gasteiger partial charge in [0.05, 0.1) is 30.0 Å². The number of hydrogen-bond donors (Lipinski definition) is 2. The molecule has 0 aliphatic heterocycles. The van der Waals surface area contributed by atoms with E-state index in [1.54, 1.807) is 19.2 Å². The van der Waals surface area contributed by atoms with Crippen LogP contribution in [0.15, 0.2) is 12.1 Å². The minimum Gasteiger partial charge on any atom is -0.489 e. The van der Waals surface area contributed by atoms with Crippen LogP contribution >= 0.6 is 0 Å². The van der Waals surface area contributed by atoms with Crippen LogP contribution in [0, 0.1) is 18.8 Å². The molecule has 2 aromatic heterocycles. The van der Waals surface area contributed by atoms with Crippen molar-refractivity contribution < 1.29 is 24.2 Å². The van der Waals surface area contributed by atoms with Crippen molar-refractivity contribution in [2.75, 3.05) is 11.9 Å². The van der Waals surface area contributed by atoms with Crippen molar-refractivity contribution >= 4 is 17.9 Å². The molecule has 2 atom stereocenters. The van der Waals surface area contributed by atoms with Gasteiger partial charge in [0.2, 0.25) is 0 Å². The van der Waals surface area contributed by atoms with Gasteiger partial charge in [-0.2, -0.15) is 0 Å². The summed E-state index contributed by atoms with van der Waals surface area (Å²) in [7, 11) is 1.68. The van der Waals surface area contributed by atoms with Gasteiger partial charge < -0.3 is 14.6 Å². The number of anilines is 1. The lowest BCUT2D eigenvalue weighted by atomic mass is 9.87. The van der Waals surface area contributed by atoms with Crippen LogP contribution in [0.25, 0.3) is 11.4 Å². The Kier molecular flexibility index (Phi) is 6.06. The van der Waals surface area contributed by atoms with E-state index in [9.17, 15) is 14.7 Å². The fraction of sp³-hybridized carbons (Fsp3) is 0.571. The number of aryl methyl sites for hydroxylation is 2. The number of aromatic nitrogens is 4. The van der Waals surface area contributed by atoms with E-state index < -0.39 is 12.1 Å². The van der Waals surface area contributed by atoms with Crippen molar-refractivity contribution in [1.82, 2.24) is 20.0 Å². The molecule has 2 heterocycles. The fourth-order valence-electron chi connectivity index (χ4n) is 3.74. The van der Waals surface area contributed by atoms with Crippen molar-refractivity contribution in [2.45, 2.75) is 51.6 Å². The summed E-state index contributed by atoms with van der Waals surface area (Å²) < 4.78 is 12.8. The summed E-state index contributed by atoms with van der Waals surface area (Å²) >= 11 is 0. The van der Waals surface area contributed by atoms with Crippen molar-refractivity contribution in [3.05, 3.63) is 17.8 Å². The number of nitrogens with one attached hydrogen (secondary N) is 1. The summed E-state index contributed by atoms with van der Waals surface area (Å²) in [6.45, 7) is 2.24. The summed E-state index contributed by atoms with van der Waals surface area (Å²) in [6.07, 6.45) is 4.36. The average molecular weight is 429 g/mol. The lowest BCUT2D eigenvalue weighted by molar-refractivity contribution is -0.143. The van der Waals surface area contributed by atoms with Gasteiger partial charge in [-0.1, -0.05) is 5.21 Å². The molecule has 0 spiro atoms. The third-order valence-electron chi connectivity index (χ3n) is 5.74. The van der Waals surface area contributed by atoms with Gasteiger partial charge in [-0.05, 0) is 63.5 Å². The SMILES string of the molecule is Cc1nc(-c2nnn(C)c2NC(=O)OCC2CC2)ccc1O[C@H]1CCC[C@H](C(=O)O)C1. The Hall–Kier alpha value is -3.17. The van der Waals surface area contributed by atoms with Crippen molar-refractivity contribution in [3.8, 4) is 17.1 Å². The van der Waals surface area contributed by atoms with E-state index >= 15 is 0 Å². The lowest BCUT2D eigenvalue weighted by Crippen LogP contribution is -2.29. The van der Waals surface area contributed by atoms with E-state index in [2.05, 4.69) is 20.6 Å². The van der Waals surface area contributed by atoms with Crippen LogP contribution in [-0.4, -0.2) is 49.9 Å². The van der Waals surface area contributed by atoms with Crippen LogP contribution in [-0.2, 0) is 16.6 Å². The fourth-order valence-corrected chi connectivity index (χ4v) is 3.74. The Labute approximate surface area is 179 Å². The predicted octanol–water partition coefficient (Wildman–Crippen LogP) is 3.17. The molecular weight excluding hydrogens is 402 g/mol. The molecule has 0 unspecified atom stereocenters. The standard InChI is InChI=1S/C21H27N5O5/c1-12-17(31-15-5-3-4-14(10-15)20(27)28)9-8-16(22-12)18-19(26(2)25-24-18)23-21(29)30-11-13-6-7-13/h8-9,13-15H,3-7,10-11H2,1-2H3,(H,23,29)(H,27,28)/t14-,15-/m0/s1. The number of carboxylic acid groups (broad SMARTS) is 1. The molecule has 4 rings (SSSR count). The lowest BCUT2D eigenvalue weighted by Gasteiger charge is -2.27. The molecule has 2 aromatic rings. The number of amides is 1. The topological polar surface area (TPSA) is 128 Å². The molecular formula is C21H27N5O5. The first-order valence-electron chi connectivity index (χ1n) is 10.6. The Morgan fingerprint density at radius 1 is 1.26 bits per heavy atom. The second-order valence-electron chi connectivity index (χ2n) is 8.30. The highest BCUT2D eigenvalue weighted by atomic mass is 16.5. The van der Waals surface area contributed by atoms with E-state index in [-0.39, 0.29) is 12.0 Å². The predicted molar refractivity (Wildman–Crippen MR) is 111 cm³/mol. The zero-order valence-corrected chi connectivity index (χ0v) is 17.7. The number of aliphatic carboxylic acids is 1. The maximum Gasteiger partial charge on any atom is 0.412 e. The monoisotopic (exact) mass is 429 g/mol. The number of carbonyl (C=O) groups excluding carboxylic acids is 1. The maximum atomic E-state index is 12.1. The summed E-state index contributed by atoms with van der Waals surface area (Å²) in [5.74, 6) is 0.359. The zero-order valence-electron chi connectivity index (χ0n) is 17.7. The second-order valence-corrected chi connectivity index (χ2v) is 8.30. The van der Waals surface area contributed by atoms with Gasteiger partial charge in [0, 0.05) is 7.05 Å². The highest BCUT2D eigenvalue weighted by molar-refractivity contribution is 5.88. The van der Waals surface area contributed by atoms with Crippen molar-refractivity contribution in [1.29, 1.82) is 0 Å². The van der Waals surface area contributed by atoms with E-state index in [4.69, 9.17) is 9.47 Å². The Balaban J connectivity index is 1.45. The van der Waals surface area contributed by atoms with Gasteiger partial charge in [0.15, 0.2) is 11.5 Å². The highest BCUT2D eigenvalue weighted by Crippen LogP contribution is 2.32. The molecule has 2 fully saturated rings. The molecule has 0 bridgehead atoms. The highest BCUT2D eigenvalue weighted by Gasteiger charge is 2.29. The minimum atomic E-state index is -0.767. The number of carbonyl (C=O) groups is 2. The number of ether oxygens (including phenoxy) is 2. The molecule has 2 N–H and O–H groups in total. The first kappa shape index (κ1) is 21.1. The number of carboxylic acids is 1. The Bertz CT molecular complexity index is 971. The quantitative estimate of drug-likeness (QED) is 0.687. The summed E-state index contributed by atoms with van der Waals surface area (Å²) in [6, 6.07) is 3.55. The summed E-state index contributed by atoms with van der Waals surface area (Å²) in [4.78, 5) is 28.0. The van der Waals surface area contributed by atoms with Crippen LogP contribution in [0.5, 0.6) is 5.75 Å². The molecule has 2 aliphatic carbocycles. The number of hydrogen-bond acceptors (Lipinski definition) is 7. The van der Waals surface area contributed by atoms with Gasteiger partial charge in [0.25, 0.3) is 0 Å². The smallest absolute Gasteiger partial charge is 0.412 e. The molecule has 1 amide bonds. The van der Waals surface area contributed by atoms with Crippen LogP contribution in [0.1, 0.15) is 44.2 Å². The van der Waals surface area contributed by atoms with Gasteiger partial charge in [0.1, 0.15) is 5.75 Å². The van der Waals surface area contributed by atoms with Gasteiger partial charge >= 0.3 is 12.1 Å². The first-order chi connectivity index (χ1) is 14.9. The molecule has 31 heavy (non-hydrogen) atoms. The maximum absolute atomic E-state index is 12.1. The van der Waals surface area contributed by atoms with Gasteiger partial charge in [-0.15, -0.1) is 5.10 Å². The Morgan fingerprint density at radius 3 is 2.77 bits per heavy atom. The van der Waals surface area contributed by atoms with Gasteiger partial charge in [-0.25, -0.2) is 14.5 Å². The Morgan fingerprint density at radius 2 is 2.06 bits per heavy atom. The van der Waals surface area contributed by atoms with E-state index in [0.29, 0.717) is 54.0 Å². The molecule has 0 saturated heterocycles. The molecule has 0 radical (unpaired) electrons. The zero-order chi connectivity index (χ0) is 22.0. The van der Waals surface area contributed by atoms with E-state index in [1.165, 1.54) is 4.68 Å². The van der Waals surface area contributed by atoms with E-state index in [1.807, 2.05) is 6.92 Å². The number of rotatable bonds is 7. The van der Waals surface area contributed by atoms with Crippen LogP contribution in [0.3, 0.4) is 0 Å². The average Bonchev–Trinajstić information content (AvgIpc) is 3.51. The third-order valence-corrected chi connectivity index (χ3v) is 5.74. The van der Waals surface area contributed by atoms with Crippen molar-refractivity contribution in [3.63, 3.8) is 0 Å². The van der Waals surface area contributed by atoms with Gasteiger partial charge in [-0.3, -0.25) is 10.1 Å². The van der Waals surface area contributed by atoms with E-state index in [0.717, 1.165) is 25.7 Å². The molecule has 166 valence electrons. The second kappa shape index (κ2) is 8.91. The third kappa shape index (κ3) is 5.12. The first-order valence-corrected chi connectivity index (χ1v) is 10.6. The number of pyridine rings is 1. The van der Waals surface area contributed by atoms with Crippen LogP contribution < -0.4 is 10.1 Å². The minimum absolute atomic E-state index is 0.142. The summed E-state index contributed by atoms with van der Waals surface area (Å²) in [5, 5.41) is 20.1. The summed E-state index contributed by atoms with van der Waals surface area (Å²) in [5.41, 5.74) is 1.63. The number of nitrogens with zero attached hydrogens (tertiary/aromatic N) is 4. The normalized spacial score (nSPS) is 20.8.